The molecule has 1 saturated heterocycles. The van der Waals surface area contributed by atoms with Gasteiger partial charge in [0, 0.05) is 37.3 Å². The van der Waals surface area contributed by atoms with Gasteiger partial charge in [-0.2, -0.15) is 0 Å². The summed E-state index contributed by atoms with van der Waals surface area (Å²) in [5, 5.41) is 7.22. The Labute approximate surface area is 157 Å². The standard InChI is InChI=1S/C20H33N5O/c1-16-23-18-14-21-9-6-17(18)19(24-16)22-15-20(7-4-2-3-5-8-20)25-10-12-26-13-11-25/h21H,2-15H2,1H3,(H,22,23,24). The number of morpholine rings is 1. The SMILES string of the molecule is Cc1nc2c(c(NCC3(N4CCOCC4)CCCCCC3)n1)CCNC2. The third-order valence-electron chi connectivity index (χ3n) is 6.35. The third-order valence-corrected chi connectivity index (χ3v) is 6.35. The van der Waals surface area contributed by atoms with Crippen LogP contribution in [0.1, 0.15) is 55.6 Å². The molecule has 1 aromatic heterocycles. The van der Waals surface area contributed by atoms with Crippen LogP contribution in [0.25, 0.3) is 0 Å². The first-order chi connectivity index (χ1) is 12.8. The molecule has 0 radical (unpaired) electrons. The van der Waals surface area contributed by atoms with Crippen LogP contribution < -0.4 is 10.6 Å². The number of hydrogen-bond donors (Lipinski definition) is 2. The summed E-state index contributed by atoms with van der Waals surface area (Å²) < 4.78 is 5.63. The van der Waals surface area contributed by atoms with Gasteiger partial charge in [-0.1, -0.05) is 25.7 Å². The number of rotatable bonds is 4. The Morgan fingerprint density at radius 3 is 2.65 bits per heavy atom. The molecule has 1 saturated carbocycles. The lowest BCUT2D eigenvalue weighted by Crippen LogP contribution is -2.57. The molecule has 2 N–H and O–H groups in total. The van der Waals surface area contributed by atoms with Gasteiger partial charge in [0.15, 0.2) is 0 Å². The number of ether oxygens (including phenoxy) is 1. The molecule has 0 amide bonds. The van der Waals surface area contributed by atoms with Crippen molar-refractivity contribution in [2.45, 2.75) is 64.0 Å². The van der Waals surface area contributed by atoms with E-state index in [0.717, 1.165) is 64.0 Å². The Kier molecular flexibility index (Phi) is 5.72. The molecule has 0 aromatic carbocycles. The van der Waals surface area contributed by atoms with Gasteiger partial charge >= 0.3 is 0 Å². The number of anilines is 1. The summed E-state index contributed by atoms with van der Waals surface area (Å²) in [6.45, 7) is 8.74. The van der Waals surface area contributed by atoms with E-state index in [9.17, 15) is 0 Å². The minimum absolute atomic E-state index is 0.249. The van der Waals surface area contributed by atoms with Gasteiger partial charge in [-0.25, -0.2) is 9.97 Å². The Morgan fingerprint density at radius 2 is 1.88 bits per heavy atom. The Hall–Kier alpha value is -1.24. The van der Waals surface area contributed by atoms with Crippen LogP contribution in [0.3, 0.4) is 0 Å². The fourth-order valence-electron chi connectivity index (χ4n) is 4.91. The average Bonchev–Trinajstić information content (AvgIpc) is 2.93. The van der Waals surface area contributed by atoms with Gasteiger partial charge in [0.05, 0.1) is 18.9 Å². The number of aromatic nitrogens is 2. The summed E-state index contributed by atoms with van der Waals surface area (Å²) in [5.41, 5.74) is 2.74. The van der Waals surface area contributed by atoms with Crippen LogP contribution >= 0.6 is 0 Å². The summed E-state index contributed by atoms with van der Waals surface area (Å²) in [4.78, 5) is 12.1. The quantitative estimate of drug-likeness (QED) is 0.804. The molecule has 0 bridgehead atoms. The highest BCUT2D eigenvalue weighted by atomic mass is 16.5. The predicted octanol–water partition coefficient (Wildman–Crippen LogP) is 2.27. The smallest absolute Gasteiger partial charge is 0.133 e. The lowest BCUT2D eigenvalue weighted by molar-refractivity contribution is -0.0240. The van der Waals surface area contributed by atoms with E-state index in [4.69, 9.17) is 9.72 Å². The topological polar surface area (TPSA) is 62.3 Å². The zero-order chi connectivity index (χ0) is 17.8. The van der Waals surface area contributed by atoms with E-state index in [1.165, 1.54) is 49.8 Å². The maximum absolute atomic E-state index is 5.63. The monoisotopic (exact) mass is 359 g/mol. The Balaban J connectivity index is 1.55. The molecule has 6 nitrogen and oxygen atoms in total. The van der Waals surface area contributed by atoms with Crippen molar-refractivity contribution in [3.8, 4) is 0 Å². The highest BCUT2D eigenvalue weighted by molar-refractivity contribution is 5.48. The van der Waals surface area contributed by atoms with Gasteiger partial charge in [-0.3, -0.25) is 4.90 Å². The zero-order valence-corrected chi connectivity index (χ0v) is 16.1. The minimum atomic E-state index is 0.249. The molecule has 0 atom stereocenters. The normalized spacial score (nSPS) is 23.9. The lowest BCUT2D eigenvalue weighted by Gasteiger charge is -2.46. The summed E-state index contributed by atoms with van der Waals surface area (Å²) in [6.07, 6.45) is 9.01. The molecule has 3 aliphatic rings. The van der Waals surface area contributed by atoms with Crippen molar-refractivity contribution in [2.75, 3.05) is 44.7 Å². The molecule has 144 valence electrons. The van der Waals surface area contributed by atoms with E-state index in [1.54, 1.807) is 0 Å². The molecule has 2 fully saturated rings. The molecule has 4 rings (SSSR count). The van der Waals surface area contributed by atoms with Crippen molar-refractivity contribution in [1.82, 2.24) is 20.2 Å². The Morgan fingerprint density at radius 1 is 1.12 bits per heavy atom. The van der Waals surface area contributed by atoms with E-state index in [0.29, 0.717) is 0 Å². The van der Waals surface area contributed by atoms with Crippen LogP contribution in [-0.2, 0) is 17.7 Å². The maximum atomic E-state index is 5.63. The second kappa shape index (κ2) is 8.19. The predicted molar refractivity (Wildman–Crippen MR) is 103 cm³/mol. The Bertz CT molecular complexity index is 606. The highest BCUT2D eigenvalue weighted by Crippen LogP contribution is 2.34. The summed E-state index contributed by atoms with van der Waals surface area (Å²) in [6, 6.07) is 0. The van der Waals surface area contributed by atoms with Gasteiger partial charge in [0.25, 0.3) is 0 Å². The number of fused-ring (bicyclic) bond motifs is 1. The van der Waals surface area contributed by atoms with E-state index in [2.05, 4.69) is 20.5 Å². The average molecular weight is 360 g/mol. The van der Waals surface area contributed by atoms with Crippen molar-refractivity contribution in [3.05, 3.63) is 17.1 Å². The van der Waals surface area contributed by atoms with Crippen molar-refractivity contribution >= 4 is 5.82 Å². The fraction of sp³-hybridized carbons (Fsp3) is 0.800. The second-order valence-electron chi connectivity index (χ2n) is 8.06. The van der Waals surface area contributed by atoms with Gasteiger partial charge in [0.1, 0.15) is 11.6 Å². The summed E-state index contributed by atoms with van der Waals surface area (Å²) in [5.74, 6) is 1.95. The van der Waals surface area contributed by atoms with Crippen molar-refractivity contribution < 1.29 is 4.74 Å². The van der Waals surface area contributed by atoms with Crippen LogP contribution in [0.2, 0.25) is 0 Å². The first-order valence-electron chi connectivity index (χ1n) is 10.4. The lowest BCUT2D eigenvalue weighted by atomic mass is 9.87. The van der Waals surface area contributed by atoms with Gasteiger partial charge < -0.3 is 15.4 Å². The molecular weight excluding hydrogens is 326 g/mol. The minimum Gasteiger partial charge on any atom is -0.379 e. The maximum Gasteiger partial charge on any atom is 0.133 e. The summed E-state index contributed by atoms with van der Waals surface area (Å²) >= 11 is 0. The van der Waals surface area contributed by atoms with Crippen LogP contribution in [0.15, 0.2) is 0 Å². The first-order valence-corrected chi connectivity index (χ1v) is 10.4. The highest BCUT2D eigenvalue weighted by Gasteiger charge is 2.38. The van der Waals surface area contributed by atoms with Crippen LogP contribution in [0.5, 0.6) is 0 Å². The van der Waals surface area contributed by atoms with Crippen molar-refractivity contribution in [2.24, 2.45) is 0 Å². The third kappa shape index (κ3) is 3.87. The molecule has 3 heterocycles. The molecule has 2 aliphatic heterocycles. The van der Waals surface area contributed by atoms with Gasteiger partial charge in [-0.15, -0.1) is 0 Å². The molecule has 26 heavy (non-hydrogen) atoms. The molecule has 1 aromatic rings. The van der Waals surface area contributed by atoms with Crippen molar-refractivity contribution in [1.29, 1.82) is 0 Å². The molecule has 0 spiro atoms. The van der Waals surface area contributed by atoms with E-state index < -0.39 is 0 Å². The van der Waals surface area contributed by atoms with E-state index in [1.807, 2.05) is 6.92 Å². The molecule has 6 heteroatoms. The fourth-order valence-corrected chi connectivity index (χ4v) is 4.91. The van der Waals surface area contributed by atoms with Crippen LogP contribution in [0.4, 0.5) is 5.82 Å². The van der Waals surface area contributed by atoms with E-state index >= 15 is 0 Å². The zero-order valence-electron chi connectivity index (χ0n) is 16.1. The van der Waals surface area contributed by atoms with Crippen molar-refractivity contribution in [3.63, 3.8) is 0 Å². The van der Waals surface area contributed by atoms with Gasteiger partial charge in [-0.05, 0) is 32.7 Å². The summed E-state index contributed by atoms with van der Waals surface area (Å²) in [7, 11) is 0. The van der Waals surface area contributed by atoms with Crippen LogP contribution in [-0.4, -0.2) is 59.8 Å². The molecule has 1 aliphatic carbocycles. The number of hydrogen-bond acceptors (Lipinski definition) is 6. The van der Waals surface area contributed by atoms with E-state index in [-0.39, 0.29) is 5.54 Å². The first kappa shape index (κ1) is 18.1. The number of nitrogens with zero attached hydrogens (tertiary/aromatic N) is 3. The second-order valence-corrected chi connectivity index (χ2v) is 8.06. The largest absolute Gasteiger partial charge is 0.379 e. The number of aryl methyl sites for hydroxylation is 1. The molecular formula is C20H33N5O. The van der Waals surface area contributed by atoms with Crippen LogP contribution in [0, 0.1) is 6.92 Å². The van der Waals surface area contributed by atoms with Gasteiger partial charge in [0.2, 0.25) is 0 Å². The number of nitrogens with one attached hydrogen (secondary N) is 2. The molecule has 0 unspecified atom stereocenters.